The van der Waals surface area contributed by atoms with Crippen LogP contribution in [0.5, 0.6) is 0 Å². The molecule has 0 aliphatic rings. The average molecular weight is 378 g/mol. The third-order valence-corrected chi connectivity index (χ3v) is 4.36. The van der Waals surface area contributed by atoms with Gasteiger partial charge in [-0.3, -0.25) is 10.1 Å². The van der Waals surface area contributed by atoms with Crippen molar-refractivity contribution in [3.8, 4) is 0 Å². The lowest BCUT2D eigenvalue weighted by Gasteiger charge is -2.18. The quantitative estimate of drug-likeness (QED) is 0.365. The topological polar surface area (TPSA) is 63.2 Å². The van der Waals surface area contributed by atoms with E-state index in [2.05, 4.69) is 29.1 Å². The first kappa shape index (κ1) is 23.1. The number of benzene rings is 1. The number of hydrogen-bond donors (Lipinski definition) is 1. The van der Waals surface area contributed by atoms with Gasteiger partial charge < -0.3 is 14.4 Å². The second-order valence-corrected chi connectivity index (χ2v) is 6.62. The molecule has 0 saturated carbocycles. The Morgan fingerprint density at radius 1 is 1.26 bits per heavy atom. The highest BCUT2D eigenvalue weighted by Gasteiger charge is 2.12. The number of nitrogens with one attached hydrogen (secondary N) is 1. The molecule has 0 heterocycles. The van der Waals surface area contributed by atoms with E-state index in [1.807, 2.05) is 32.0 Å². The van der Waals surface area contributed by atoms with Gasteiger partial charge in [0.05, 0.1) is 12.6 Å². The predicted octanol–water partition coefficient (Wildman–Crippen LogP) is 3.25. The van der Waals surface area contributed by atoms with Gasteiger partial charge in [0, 0.05) is 12.7 Å². The number of carbonyl (C=O) groups is 1. The van der Waals surface area contributed by atoms with Gasteiger partial charge in [-0.2, -0.15) is 0 Å². The van der Waals surface area contributed by atoms with Gasteiger partial charge in [0.1, 0.15) is 6.61 Å². The second kappa shape index (κ2) is 13.3. The van der Waals surface area contributed by atoms with Gasteiger partial charge in [-0.1, -0.05) is 31.5 Å². The molecule has 1 aromatic carbocycles. The van der Waals surface area contributed by atoms with E-state index >= 15 is 0 Å². The molecule has 6 nitrogen and oxygen atoms in total. The largest absolute Gasteiger partial charge is 0.463 e. The molecule has 1 N–H and O–H groups in total. The van der Waals surface area contributed by atoms with Crippen molar-refractivity contribution < 1.29 is 14.3 Å². The molecule has 27 heavy (non-hydrogen) atoms. The van der Waals surface area contributed by atoms with Crippen molar-refractivity contribution in [2.45, 2.75) is 46.6 Å². The zero-order chi connectivity index (χ0) is 20.1. The summed E-state index contributed by atoms with van der Waals surface area (Å²) < 4.78 is 10.6. The second-order valence-electron chi connectivity index (χ2n) is 6.62. The Labute approximate surface area is 163 Å². The number of aliphatic imine (C=N–C) groups is 1. The summed E-state index contributed by atoms with van der Waals surface area (Å²) in [5, 5.41) is 2.79. The molecule has 1 rings (SSSR count). The minimum absolute atomic E-state index is 0.0657. The lowest BCUT2D eigenvalue weighted by atomic mass is 10.1. The minimum Gasteiger partial charge on any atom is -0.463 e. The smallest absolute Gasteiger partial charge is 0.292 e. The third kappa shape index (κ3) is 9.54. The van der Waals surface area contributed by atoms with Crippen LogP contribution in [0.2, 0.25) is 0 Å². The van der Waals surface area contributed by atoms with E-state index < -0.39 is 0 Å². The lowest BCUT2D eigenvalue weighted by Crippen LogP contribution is -2.34. The Morgan fingerprint density at radius 2 is 2.00 bits per heavy atom. The van der Waals surface area contributed by atoms with Gasteiger partial charge in [0.15, 0.2) is 0 Å². The molecule has 1 aromatic rings. The fraction of sp³-hybridized carbons (Fsp3) is 0.619. The molecule has 0 aromatic heterocycles. The maximum atomic E-state index is 12.5. The van der Waals surface area contributed by atoms with E-state index in [1.165, 1.54) is 0 Å². The molecule has 0 radical (unpaired) electrons. The fourth-order valence-electron chi connectivity index (χ4n) is 2.70. The average Bonchev–Trinajstić information content (AvgIpc) is 2.65. The molecule has 1 amide bonds. The van der Waals surface area contributed by atoms with Crippen LogP contribution in [0.3, 0.4) is 0 Å². The first-order valence-electron chi connectivity index (χ1n) is 9.80. The van der Waals surface area contributed by atoms with Crippen LogP contribution in [-0.4, -0.2) is 62.8 Å². The number of amides is 1. The highest BCUT2D eigenvalue weighted by Crippen LogP contribution is 2.06. The number of hydrogen-bond acceptors (Lipinski definition) is 5. The van der Waals surface area contributed by atoms with E-state index in [0.29, 0.717) is 18.8 Å². The van der Waals surface area contributed by atoms with E-state index in [1.54, 1.807) is 13.2 Å². The number of carbonyl (C=O) groups excluding carboxylic acids is 1. The number of aryl methyl sites for hydroxylation is 1. The Hall–Kier alpha value is -1.92. The van der Waals surface area contributed by atoms with Crippen molar-refractivity contribution in [2.75, 3.05) is 40.0 Å². The zero-order valence-corrected chi connectivity index (χ0v) is 17.5. The summed E-state index contributed by atoms with van der Waals surface area (Å²) in [6.45, 7) is 12.3. The van der Waals surface area contributed by atoms with Crippen molar-refractivity contribution in [1.29, 1.82) is 0 Å². The summed E-state index contributed by atoms with van der Waals surface area (Å²) in [5.41, 5.74) is 1.62. The molecule has 6 heteroatoms. The van der Waals surface area contributed by atoms with Crippen molar-refractivity contribution in [3.63, 3.8) is 0 Å². The molecule has 152 valence electrons. The highest BCUT2D eigenvalue weighted by atomic mass is 16.5. The summed E-state index contributed by atoms with van der Waals surface area (Å²) in [6, 6.07) is 7.77. The van der Waals surface area contributed by atoms with Crippen molar-refractivity contribution in [1.82, 2.24) is 10.2 Å². The maximum absolute atomic E-state index is 12.5. The number of rotatable bonds is 11. The Morgan fingerprint density at radius 3 is 2.63 bits per heavy atom. The van der Waals surface area contributed by atoms with Crippen LogP contribution in [0.25, 0.3) is 0 Å². The molecule has 0 saturated heterocycles. The summed E-state index contributed by atoms with van der Waals surface area (Å²) >= 11 is 0. The lowest BCUT2D eigenvalue weighted by molar-refractivity contribution is 0.0953. The number of methoxy groups -OCH3 is 1. The molecule has 1 atom stereocenters. The first-order chi connectivity index (χ1) is 13.0. The van der Waals surface area contributed by atoms with Crippen molar-refractivity contribution in [3.05, 3.63) is 35.4 Å². The van der Waals surface area contributed by atoms with E-state index in [4.69, 9.17) is 9.47 Å². The van der Waals surface area contributed by atoms with Gasteiger partial charge in [0.2, 0.25) is 0 Å². The Balaban J connectivity index is 2.68. The summed E-state index contributed by atoms with van der Waals surface area (Å²) in [4.78, 5) is 19.5. The Bertz CT molecular complexity index is 586. The van der Waals surface area contributed by atoms with Crippen molar-refractivity contribution in [2.24, 2.45) is 4.99 Å². The van der Waals surface area contributed by atoms with Crippen molar-refractivity contribution >= 4 is 11.9 Å². The SMILES string of the molecule is CCN(CC)CCCC(C)N=C(NC(=O)c1cccc(C)c1)OCCOC. The molecule has 1 unspecified atom stereocenters. The van der Waals surface area contributed by atoms with Crippen LogP contribution in [0, 0.1) is 6.92 Å². The van der Waals surface area contributed by atoms with E-state index in [0.717, 1.165) is 38.0 Å². The highest BCUT2D eigenvalue weighted by molar-refractivity contribution is 6.04. The van der Waals surface area contributed by atoms with Crippen LogP contribution < -0.4 is 5.32 Å². The van der Waals surface area contributed by atoms with E-state index in [-0.39, 0.29) is 18.0 Å². The summed E-state index contributed by atoms with van der Waals surface area (Å²) in [7, 11) is 1.61. The fourth-order valence-corrected chi connectivity index (χ4v) is 2.70. The zero-order valence-electron chi connectivity index (χ0n) is 17.5. The van der Waals surface area contributed by atoms with Gasteiger partial charge in [-0.15, -0.1) is 0 Å². The van der Waals surface area contributed by atoms with Crippen LogP contribution in [0.1, 0.15) is 49.5 Å². The molecule has 0 aliphatic heterocycles. The Kier molecular flexibility index (Phi) is 11.4. The molecular formula is C21H35N3O3. The predicted molar refractivity (Wildman–Crippen MR) is 110 cm³/mol. The number of ether oxygens (including phenoxy) is 2. The summed E-state index contributed by atoms with van der Waals surface area (Å²) in [6.07, 6.45) is 2.00. The third-order valence-electron chi connectivity index (χ3n) is 4.36. The molecule has 0 bridgehead atoms. The van der Waals surface area contributed by atoms with E-state index in [9.17, 15) is 4.79 Å². The van der Waals surface area contributed by atoms with Gasteiger partial charge >= 0.3 is 0 Å². The molecular weight excluding hydrogens is 342 g/mol. The van der Waals surface area contributed by atoms with Crippen LogP contribution in [0.4, 0.5) is 0 Å². The standard InChI is InChI=1S/C21H35N3O3/c1-6-24(7-2)13-9-11-18(4)22-21(27-15-14-26-5)23-20(25)19-12-8-10-17(3)16-19/h8,10,12,16,18H,6-7,9,11,13-15H2,1-5H3,(H,22,23,25). The van der Waals surface area contributed by atoms with Crippen LogP contribution in [-0.2, 0) is 9.47 Å². The van der Waals surface area contributed by atoms with Gasteiger partial charge in [-0.25, -0.2) is 4.99 Å². The van der Waals surface area contributed by atoms with Crippen LogP contribution >= 0.6 is 0 Å². The normalized spacial score (nSPS) is 12.9. The maximum Gasteiger partial charge on any atom is 0.292 e. The number of nitrogens with zero attached hydrogens (tertiary/aromatic N) is 2. The molecule has 0 aliphatic carbocycles. The summed E-state index contributed by atoms with van der Waals surface area (Å²) in [5.74, 6) is -0.217. The van der Waals surface area contributed by atoms with Crippen LogP contribution in [0.15, 0.2) is 29.3 Å². The molecule has 0 spiro atoms. The monoisotopic (exact) mass is 377 g/mol. The minimum atomic E-state index is -0.217. The van der Waals surface area contributed by atoms with Gasteiger partial charge in [-0.05, 0) is 58.5 Å². The van der Waals surface area contributed by atoms with Gasteiger partial charge in [0.25, 0.3) is 11.9 Å². The first-order valence-corrected chi connectivity index (χ1v) is 9.80. The number of amidine groups is 1. The molecule has 0 fully saturated rings.